The smallest absolute Gasteiger partial charge is 0.272 e. The van der Waals surface area contributed by atoms with Crippen molar-refractivity contribution in [1.29, 1.82) is 0 Å². The maximum Gasteiger partial charge on any atom is 0.272 e. The van der Waals surface area contributed by atoms with Gasteiger partial charge in [0.2, 0.25) is 5.91 Å². The van der Waals surface area contributed by atoms with Crippen LogP contribution in [0.25, 0.3) is 5.82 Å². The predicted molar refractivity (Wildman–Crippen MR) is 84.3 cm³/mol. The van der Waals surface area contributed by atoms with Crippen molar-refractivity contribution < 1.29 is 9.59 Å². The molecule has 8 heteroatoms. The Labute approximate surface area is 139 Å². The topological polar surface area (TPSA) is 84.2 Å². The van der Waals surface area contributed by atoms with E-state index in [4.69, 9.17) is 0 Å². The van der Waals surface area contributed by atoms with Gasteiger partial charge in [-0.1, -0.05) is 6.07 Å². The number of aromatic nitrogens is 4. The molecule has 2 atom stereocenters. The van der Waals surface area contributed by atoms with Crippen LogP contribution in [0.1, 0.15) is 16.9 Å². The molecule has 24 heavy (non-hydrogen) atoms. The SMILES string of the molecule is CN1CC[C@@H]2CN(C(=O)c3cccc(-n4cnnc4)n3)C[C@@H]2C1=O. The highest BCUT2D eigenvalue weighted by Gasteiger charge is 2.43. The third kappa shape index (κ3) is 2.44. The Morgan fingerprint density at radius 2 is 2.00 bits per heavy atom. The van der Waals surface area contributed by atoms with Gasteiger partial charge in [-0.15, -0.1) is 10.2 Å². The molecular weight excluding hydrogens is 308 g/mol. The first-order chi connectivity index (χ1) is 11.6. The summed E-state index contributed by atoms with van der Waals surface area (Å²) in [6.07, 6.45) is 4.02. The second-order valence-corrected chi connectivity index (χ2v) is 6.38. The Kier molecular flexibility index (Phi) is 3.51. The van der Waals surface area contributed by atoms with E-state index in [-0.39, 0.29) is 23.7 Å². The fourth-order valence-electron chi connectivity index (χ4n) is 3.53. The Hall–Kier alpha value is -2.77. The van der Waals surface area contributed by atoms with E-state index in [9.17, 15) is 9.59 Å². The van der Waals surface area contributed by atoms with Gasteiger partial charge in [0, 0.05) is 26.7 Å². The molecule has 0 aromatic carbocycles. The molecule has 2 aromatic rings. The first-order valence-corrected chi connectivity index (χ1v) is 8.00. The van der Waals surface area contributed by atoms with Crippen LogP contribution in [0.2, 0.25) is 0 Å². The number of fused-ring (bicyclic) bond motifs is 1. The Morgan fingerprint density at radius 3 is 2.79 bits per heavy atom. The minimum absolute atomic E-state index is 0.0752. The first-order valence-electron chi connectivity index (χ1n) is 8.00. The van der Waals surface area contributed by atoms with Gasteiger partial charge in [0.05, 0.1) is 5.92 Å². The van der Waals surface area contributed by atoms with Crippen molar-refractivity contribution >= 4 is 11.8 Å². The zero-order valence-electron chi connectivity index (χ0n) is 13.4. The molecule has 2 aliphatic heterocycles. The Balaban J connectivity index is 1.55. The van der Waals surface area contributed by atoms with Gasteiger partial charge in [0.1, 0.15) is 24.2 Å². The van der Waals surface area contributed by atoms with E-state index in [1.54, 1.807) is 32.6 Å². The summed E-state index contributed by atoms with van der Waals surface area (Å²) in [6, 6.07) is 5.28. The van der Waals surface area contributed by atoms with Crippen molar-refractivity contribution in [2.75, 3.05) is 26.7 Å². The van der Waals surface area contributed by atoms with Crippen LogP contribution in [0.5, 0.6) is 0 Å². The van der Waals surface area contributed by atoms with E-state index < -0.39 is 0 Å². The van der Waals surface area contributed by atoms with Crippen LogP contribution in [-0.2, 0) is 4.79 Å². The number of piperidine rings is 1. The summed E-state index contributed by atoms with van der Waals surface area (Å²) in [5, 5.41) is 7.50. The Morgan fingerprint density at radius 1 is 1.21 bits per heavy atom. The van der Waals surface area contributed by atoms with E-state index in [2.05, 4.69) is 15.2 Å². The summed E-state index contributed by atoms with van der Waals surface area (Å²) < 4.78 is 1.65. The average Bonchev–Trinajstić information content (AvgIpc) is 3.27. The standard InChI is InChI=1S/C16H18N6O2/c1-20-6-5-11-7-21(8-12(11)15(20)23)16(24)13-3-2-4-14(19-13)22-9-17-18-10-22/h2-4,9-12H,5-8H2,1H3/t11-,12+/m1/s1. The molecule has 0 aliphatic carbocycles. The number of hydrogen-bond acceptors (Lipinski definition) is 5. The van der Waals surface area contributed by atoms with Gasteiger partial charge < -0.3 is 9.80 Å². The van der Waals surface area contributed by atoms with E-state index in [1.165, 1.54) is 12.7 Å². The fraction of sp³-hybridized carbons (Fsp3) is 0.438. The number of likely N-dealkylation sites (tertiary alicyclic amines) is 2. The van der Waals surface area contributed by atoms with Gasteiger partial charge in [-0.2, -0.15) is 0 Å². The molecule has 2 amide bonds. The number of carbonyl (C=O) groups excluding carboxylic acids is 2. The lowest BCUT2D eigenvalue weighted by atomic mass is 9.88. The van der Waals surface area contributed by atoms with Gasteiger partial charge in [0.25, 0.3) is 5.91 Å². The van der Waals surface area contributed by atoms with Crippen molar-refractivity contribution in [2.24, 2.45) is 11.8 Å². The van der Waals surface area contributed by atoms with Crippen LogP contribution in [0.4, 0.5) is 0 Å². The quantitative estimate of drug-likeness (QED) is 0.788. The van der Waals surface area contributed by atoms with Gasteiger partial charge in [-0.05, 0) is 24.5 Å². The summed E-state index contributed by atoms with van der Waals surface area (Å²) in [5.74, 6) is 0.799. The molecule has 0 N–H and O–H groups in total. The highest BCUT2D eigenvalue weighted by molar-refractivity contribution is 5.93. The molecule has 2 aliphatic rings. The molecule has 0 bridgehead atoms. The minimum Gasteiger partial charge on any atom is -0.345 e. The molecule has 0 saturated carbocycles. The highest BCUT2D eigenvalue weighted by Crippen LogP contribution is 2.32. The van der Waals surface area contributed by atoms with Crippen LogP contribution in [0.3, 0.4) is 0 Å². The number of pyridine rings is 1. The molecule has 0 spiro atoms. The molecule has 4 rings (SSSR count). The zero-order valence-corrected chi connectivity index (χ0v) is 13.4. The Bertz CT molecular complexity index is 775. The molecule has 8 nitrogen and oxygen atoms in total. The predicted octanol–water partition coefficient (Wildman–Crippen LogP) is 0.213. The number of nitrogens with zero attached hydrogens (tertiary/aromatic N) is 6. The van der Waals surface area contributed by atoms with Crippen LogP contribution in [0.15, 0.2) is 30.9 Å². The molecule has 124 valence electrons. The molecule has 0 unspecified atom stereocenters. The van der Waals surface area contributed by atoms with E-state index in [0.29, 0.717) is 24.6 Å². The molecule has 2 fully saturated rings. The van der Waals surface area contributed by atoms with E-state index in [0.717, 1.165) is 13.0 Å². The third-order valence-corrected chi connectivity index (χ3v) is 4.89. The lowest BCUT2D eigenvalue weighted by Gasteiger charge is -2.30. The van der Waals surface area contributed by atoms with Crippen LogP contribution >= 0.6 is 0 Å². The summed E-state index contributed by atoms with van der Waals surface area (Å²) in [5.41, 5.74) is 0.376. The summed E-state index contributed by atoms with van der Waals surface area (Å²) >= 11 is 0. The van der Waals surface area contributed by atoms with Gasteiger partial charge in [-0.3, -0.25) is 14.2 Å². The molecule has 0 radical (unpaired) electrons. The van der Waals surface area contributed by atoms with Crippen molar-refractivity contribution in [3.8, 4) is 5.82 Å². The normalized spacial score (nSPS) is 23.5. The lowest BCUT2D eigenvalue weighted by molar-refractivity contribution is -0.137. The lowest BCUT2D eigenvalue weighted by Crippen LogP contribution is -2.42. The van der Waals surface area contributed by atoms with Crippen molar-refractivity contribution in [1.82, 2.24) is 29.5 Å². The maximum absolute atomic E-state index is 12.8. The molecule has 2 saturated heterocycles. The average molecular weight is 326 g/mol. The number of amides is 2. The summed E-state index contributed by atoms with van der Waals surface area (Å²) in [6.45, 7) is 1.87. The van der Waals surface area contributed by atoms with E-state index >= 15 is 0 Å². The van der Waals surface area contributed by atoms with Crippen molar-refractivity contribution in [3.63, 3.8) is 0 Å². The number of carbonyl (C=O) groups is 2. The van der Waals surface area contributed by atoms with E-state index in [1.807, 2.05) is 7.05 Å². The van der Waals surface area contributed by atoms with Gasteiger partial charge >= 0.3 is 0 Å². The zero-order chi connectivity index (χ0) is 16.7. The molecular formula is C16H18N6O2. The molecule has 4 heterocycles. The van der Waals surface area contributed by atoms with Crippen molar-refractivity contribution in [3.05, 3.63) is 36.5 Å². The van der Waals surface area contributed by atoms with Gasteiger partial charge in [-0.25, -0.2) is 4.98 Å². The maximum atomic E-state index is 12.8. The third-order valence-electron chi connectivity index (χ3n) is 4.89. The van der Waals surface area contributed by atoms with Gasteiger partial charge in [0.15, 0.2) is 0 Å². The van der Waals surface area contributed by atoms with Crippen LogP contribution in [0, 0.1) is 11.8 Å². The molecule has 2 aromatic heterocycles. The summed E-state index contributed by atoms with van der Waals surface area (Å²) in [7, 11) is 1.83. The fourth-order valence-corrected chi connectivity index (χ4v) is 3.53. The van der Waals surface area contributed by atoms with Crippen LogP contribution < -0.4 is 0 Å². The summed E-state index contributed by atoms with van der Waals surface area (Å²) in [4.78, 5) is 33.0. The number of rotatable bonds is 2. The number of hydrogen-bond donors (Lipinski definition) is 0. The van der Waals surface area contributed by atoms with Crippen LogP contribution in [-0.4, -0.2) is 68.0 Å². The second-order valence-electron chi connectivity index (χ2n) is 6.38. The highest BCUT2D eigenvalue weighted by atomic mass is 16.2. The first kappa shape index (κ1) is 14.8. The van der Waals surface area contributed by atoms with Crippen molar-refractivity contribution in [2.45, 2.75) is 6.42 Å². The second kappa shape index (κ2) is 5.70. The largest absolute Gasteiger partial charge is 0.345 e. The minimum atomic E-state index is -0.130. The monoisotopic (exact) mass is 326 g/mol.